The number of benzene rings is 1. The lowest BCUT2D eigenvalue weighted by molar-refractivity contribution is -0.0355. The first-order valence-electron chi connectivity index (χ1n) is 7.47. The summed E-state index contributed by atoms with van der Waals surface area (Å²) in [7, 11) is 4.06. The lowest BCUT2D eigenvalue weighted by Crippen LogP contribution is -2.41. The third-order valence-corrected chi connectivity index (χ3v) is 4.16. The van der Waals surface area contributed by atoms with Crippen molar-refractivity contribution in [3.05, 3.63) is 65.5 Å². The van der Waals surface area contributed by atoms with Gasteiger partial charge in [-0.15, -0.1) is 0 Å². The number of hydrogen-bond donors (Lipinski definition) is 0. The minimum atomic E-state index is -0.600. The predicted octanol–water partition coefficient (Wildman–Crippen LogP) is 2.64. The summed E-state index contributed by atoms with van der Waals surface area (Å²) in [6.45, 7) is 0.850. The molecule has 114 valence electrons. The first-order valence-corrected chi connectivity index (χ1v) is 7.47. The van der Waals surface area contributed by atoms with E-state index in [2.05, 4.69) is 9.88 Å². The second kappa shape index (κ2) is 5.89. The Morgan fingerprint density at radius 2 is 2.00 bits per heavy atom. The molecule has 1 atom stereocenters. The van der Waals surface area contributed by atoms with E-state index in [9.17, 15) is 4.79 Å². The lowest BCUT2D eigenvalue weighted by Gasteiger charge is -2.38. The van der Waals surface area contributed by atoms with Crippen molar-refractivity contribution >= 4 is 5.97 Å². The molecule has 2 aromatic rings. The number of carbonyl (C=O) groups is 1. The number of rotatable bonds is 4. The van der Waals surface area contributed by atoms with Crippen molar-refractivity contribution in [2.24, 2.45) is 0 Å². The number of nitrogens with zero attached hydrogens (tertiary/aromatic N) is 2. The number of hydrogen-bond acceptors (Lipinski definition) is 4. The topological polar surface area (TPSA) is 42.4 Å². The van der Waals surface area contributed by atoms with E-state index in [0.717, 1.165) is 24.1 Å². The average Bonchev–Trinajstić information content (AvgIpc) is 2.54. The summed E-state index contributed by atoms with van der Waals surface area (Å²) in [6, 6.07) is 11.9. The van der Waals surface area contributed by atoms with Gasteiger partial charge in [-0.2, -0.15) is 0 Å². The fourth-order valence-electron chi connectivity index (χ4n) is 2.93. The maximum absolute atomic E-state index is 12.4. The Morgan fingerprint density at radius 3 is 2.73 bits per heavy atom. The molecule has 0 saturated heterocycles. The zero-order chi connectivity index (χ0) is 15.6. The fraction of sp³-hybridized carbons (Fsp3) is 0.333. The van der Waals surface area contributed by atoms with Gasteiger partial charge in [0.15, 0.2) is 0 Å². The maximum Gasteiger partial charge on any atom is 0.340 e. The highest BCUT2D eigenvalue weighted by Gasteiger charge is 2.41. The van der Waals surface area contributed by atoms with Crippen molar-refractivity contribution in [1.82, 2.24) is 9.88 Å². The molecule has 0 saturated carbocycles. The van der Waals surface area contributed by atoms with E-state index in [-0.39, 0.29) is 5.97 Å². The summed E-state index contributed by atoms with van der Waals surface area (Å²) in [5, 5.41) is 0. The van der Waals surface area contributed by atoms with Gasteiger partial charge in [0.2, 0.25) is 0 Å². The summed E-state index contributed by atoms with van der Waals surface area (Å²) < 4.78 is 5.93. The standard InChI is InChI=1S/C18H20N2O2/c1-20(2)11-9-18(15-6-4-3-5-7-15)12-14-8-10-19-13-16(14)17(21)22-18/h3-8,10,13H,9,11-12H2,1-2H3. The van der Waals surface area contributed by atoms with Gasteiger partial charge in [0, 0.05) is 31.8 Å². The van der Waals surface area contributed by atoms with Gasteiger partial charge in [0.05, 0.1) is 5.56 Å². The van der Waals surface area contributed by atoms with Gasteiger partial charge in [-0.25, -0.2) is 4.79 Å². The largest absolute Gasteiger partial charge is 0.450 e. The van der Waals surface area contributed by atoms with Crippen LogP contribution in [-0.4, -0.2) is 36.5 Å². The third-order valence-electron chi connectivity index (χ3n) is 4.16. The smallest absolute Gasteiger partial charge is 0.340 e. The molecule has 2 heterocycles. The number of carbonyl (C=O) groups excluding carboxylic acids is 1. The Hall–Kier alpha value is -2.20. The molecule has 1 aromatic carbocycles. The average molecular weight is 296 g/mol. The molecule has 4 heteroatoms. The number of aromatic nitrogens is 1. The molecule has 0 aliphatic carbocycles. The monoisotopic (exact) mass is 296 g/mol. The van der Waals surface area contributed by atoms with Crippen LogP contribution in [0, 0.1) is 0 Å². The minimum absolute atomic E-state index is 0.281. The van der Waals surface area contributed by atoms with Gasteiger partial charge in [-0.1, -0.05) is 30.3 Å². The summed E-state index contributed by atoms with van der Waals surface area (Å²) in [6.07, 6.45) is 4.78. The third kappa shape index (κ3) is 2.74. The second-order valence-electron chi connectivity index (χ2n) is 6.01. The van der Waals surface area contributed by atoms with E-state index in [1.165, 1.54) is 0 Å². The molecule has 3 rings (SSSR count). The van der Waals surface area contributed by atoms with Gasteiger partial charge in [0.25, 0.3) is 0 Å². The van der Waals surface area contributed by atoms with Crippen LogP contribution in [0.3, 0.4) is 0 Å². The number of pyridine rings is 1. The predicted molar refractivity (Wildman–Crippen MR) is 84.6 cm³/mol. The Morgan fingerprint density at radius 1 is 1.23 bits per heavy atom. The molecule has 0 spiro atoms. The van der Waals surface area contributed by atoms with E-state index < -0.39 is 5.60 Å². The van der Waals surface area contributed by atoms with Crippen molar-refractivity contribution in [2.75, 3.05) is 20.6 Å². The molecule has 22 heavy (non-hydrogen) atoms. The van der Waals surface area contributed by atoms with Crippen LogP contribution in [0.15, 0.2) is 48.8 Å². The van der Waals surface area contributed by atoms with Crippen molar-refractivity contribution in [1.29, 1.82) is 0 Å². The Balaban J connectivity index is 2.03. The van der Waals surface area contributed by atoms with Crippen LogP contribution >= 0.6 is 0 Å². The Labute approximate surface area is 130 Å². The molecule has 0 bridgehead atoms. The zero-order valence-electron chi connectivity index (χ0n) is 13.0. The lowest BCUT2D eigenvalue weighted by atomic mass is 9.81. The second-order valence-corrected chi connectivity index (χ2v) is 6.01. The summed E-state index contributed by atoms with van der Waals surface area (Å²) >= 11 is 0. The summed E-state index contributed by atoms with van der Waals surface area (Å²) in [5.74, 6) is -0.281. The van der Waals surface area contributed by atoms with Crippen molar-refractivity contribution < 1.29 is 9.53 Å². The molecule has 0 amide bonds. The van der Waals surface area contributed by atoms with Gasteiger partial charge < -0.3 is 9.64 Å². The van der Waals surface area contributed by atoms with Gasteiger partial charge >= 0.3 is 5.97 Å². The SMILES string of the molecule is CN(C)CCC1(c2ccccc2)Cc2ccncc2C(=O)O1. The highest BCUT2D eigenvalue weighted by atomic mass is 16.6. The molecular weight excluding hydrogens is 276 g/mol. The minimum Gasteiger partial charge on any atom is -0.450 e. The number of fused-ring (bicyclic) bond motifs is 1. The van der Waals surface area contributed by atoms with Gasteiger partial charge in [-0.3, -0.25) is 4.98 Å². The molecule has 0 radical (unpaired) electrons. The van der Waals surface area contributed by atoms with E-state index in [1.807, 2.05) is 50.5 Å². The fourth-order valence-corrected chi connectivity index (χ4v) is 2.93. The summed E-state index contributed by atoms with van der Waals surface area (Å²) in [4.78, 5) is 18.6. The maximum atomic E-state index is 12.4. The first-order chi connectivity index (χ1) is 10.6. The first kappa shape index (κ1) is 14.7. The van der Waals surface area contributed by atoms with Crippen LogP contribution in [0.4, 0.5) is 0 Å². The van der Waals surface area contributed by atoms with Crippen LogP contribution in [0.25, 0.3) is 0 Å². The van der Waals surface area contributed by atoms with Gasteiger partial charge in [0.1, 0.15) is 5.60 Å². The van der Waals surface area contributed by atoms with Crippen LogP contribution in [0.2, 0.25) is 0 Å². The van der Waals surface area contributed by atoms with E-state index in [4.69, 9.17) is 4.74 Å². The molecular formula is C18H20N2O2. The van der Waals surface area contributed by atoms with E-state index in [1.54, 1.807) is 12.4 Å². The molecule has 4 nitrogen and oxygen atoms in total. The highest BCUT2D eigenvalue weighted by Crippen LogP contribution is 2.38. The van der Waals surface area contributed by atoms with Crippen LogP contribution in [0.1, 0.15) is 27.9 Å². The van der Waals surface area contributed by atoms with Crippen LogP contribution in [-0.2, 0) is 16.8 Å². The number of cyclic esters (lactones) is 1. The van der Waals surface area contributed by atoms with Crippen molar-refractivity contribution in [3.63, 3.8) is 0 Å². The number of ether oxygens (including phenoxy) is 1. The number of esters is 1. The molecule has 0 N–H and O–H groups in total. The van der Waals surface area contributed by atoms with E-state index in [0.29, 0.717) is 12.0 Å². The van der Waals surface area contributed by atoms with Crippen molar-refractivity contribution in [3.8, 4) is 0 Å². The van der Waals surface area contributed by atoms with Crippen LogP contribution in [0.5, 0.6) is 0 Å². The Kier molecular flexibility index (Phi) is 3.94. The zero-order valence-corrected chi connectivity index (χ0v) is 13.0. The molecule has 1 unspecified atom stereocenters. The summed E-state index contributed by atoms with van der Waals surface area (Å²) in [5.41, 5.74) is 2.04. The highest BCUT2D eigenvalue weighted by molar-refractivity contribution is 5.92. The van der Waals surface area contributed by atoms with E-state index >= 15 is 0 Å². The Bertz CT molecular complexity index is 670. The normalized spacial score (nSPS) is 20.6. The quantitative estimate of drug-likeness (QED) is 0.814. The molecule has 1 aromatic heterocycles. The molecule has 1 aliphatic rings. The van der Waals surface area contributed by atoms with Gasteiger partial charge in [-0.05, 0) is 31.3 Å². The molecule has 1 aliphatic heterocycles. The molecule has 0 fully saturated rings. The van der Waals surface area contributed by atoms with Crippen LogP contribution < -0.4 is 0 Å². The van der Waals surface area contributed by atoms with Crippen molar-refractivity contribution in [2.45, 2.75) is 18.4 Å².